The fraction of sp³-hybridized carbons (Fsp3) is 0.714. The molecule has 1 aliphatic carbocycles. The van der Waals surface area contributed by atoms with E-state index in [1.807, 2.05) is 24.3 Å². The van der Waals surface area contributed by atoms with Crippen LogP contribution in [-0.2, 0) is 35.0 Å². The van der Waals surface area contributed by atoms with Crippen molar-refractivity contribution in [2.45, 2.75) is 101 Å². The van der Waals surface area contributed by atoms with Gasteiger partial charge >= 0.3 is 0 Å². The van der Waals surface area contributed by atoms with Crippen LogP contribution in [0.3, 0.4) is 0 Å². The normalized spacial score (nSPS) is 40.6. The van der Waals surface area contributed by atoms with Crippen LogP contribution in [0.2, 0.25) is 0 Å². The molecule has 198 valence electrons. The van der Waals surface area contributed by atoms with E-state index in [9.17, 15) is 5.11 Å². The van der Waals surface area contributed by atoms with Gasteiger partial charge in [-0.1, -0.05) is 30.4 Å². The molecule has 0 radical (unpaired) electrons. The summed E-state index contributed by atoms with van der Waals surface area (Å²) in [4.78, 5) is 0. The first-order chi connectivity index (χ1) is 17.7. The number of hydrogen-bond acceptors (Lipinski definition) is 8. The van der Waals surface area contributed by atoms with Gasteiger partial charge in [-0.25, -0.2) is 0 Å². The second-order valence-electron chi connectivity index (χ2n) is 10.5. The quantitative estimate of drug-likeness (QED) is 0.559. The number of aliphatic hydroxyl groups is 1. The number of hydrogen-bond donors (Lipinski definition) is 1. The Morgan fingerprint density at radius 3 is 2.78 bits per heavy atom. The third-order valence-corrected chi connectivity index (χ3v) is 8.01. The Kier molecular flexibility index (Phi) is 7.90. The molecule has 0 bridgehead atoms. The van der Waals surface area contributed by atoms with Gasteiger partial charge in [-0.05, 0) is 44.1 Å². The van der Waals surface area contributed by atoms with E-state index in [-0.39, 0.29) is 42.7 Å². The smallest absolute Gasteiger partial charge is 0.203 e. The van der Waals surface area contributed by atoms with Gasteiger partial charge in [0, 0.05) is 44.0 Å². The van der Waals surface area contributed by atoms with E-state index in [4.69, 9.17) is 33.2 Å². The van der Waals surface area contributed by atoms with Crippen molar-refractivity contribution in [1.82, 2.24) is 0 Å². The number of para-hydroxylation sites is 1. The van der Waals surface area contributed by atoms with E-state index >= 15 is 0 Å². The summed E-state index contributed by atoms with van der Waals surface area (Å²) in [5, 5.41) is 10.1. The second-order valence-corrected chi connectivity index (χ2v) is 10.5. The minimum Gasteiger partial charge on any atom is -0.464 e. The van der Waals surface area contributed by atoms with Crippen LogP contribution in [0.1, 0.15) is 56.9 Å². The van der Waals surface area contributed by atoms with E-state index in [0.717, 1.165) is 56.4 Å². The Morgan fingerprint density at radius 2 is 1.86 bits per heavy atom. The van der Waals surface area contributed by atoms with Gasteiger partial charge in [0.1, 0.15) is 11.9 Å². The van der Waals surface area contributed by atoms with Crippen molar-refractivity contribution in [2.75, 3.05) is 13.2 Å². The Labute approximate surface area is 212 Å². The molecule has 1 N–H and O–H groups in total. The summed E-state index contributed by atoms with van der Waals surface area (Å²) in [6, 6.07) is 7.98. The van der Waals surface area contributed by atoms with Crippen molar-refractivity contribution in [2.24, 2.45) is 11.8 Å². The highest BCUT2D eigenvalue weighted by Gasteiger charge is 2.50. The van der Waals surface area contributed by atoms with Gasteiger partial charge in [0.2, 0.25) is 6.29 Å². The predicted molar refractivity (Wildman–Crippen MR) is 129 cm³/mol. The zero-order chi connectivity index (χ0) is 24.3. The van der Waals surface area contributed by atoms with Crippen LogP contribution in [0.5, 0.6) is 5.75 Å². The minimum atomic E-state index is -0.705. The molecule has 6 rings (SSSR count). The van der Waals surface area contributed by atoms with Crippen LogP contribution < -0.4 is 4.74 Å². The Bertz CT molecular complexity index is 886. The van der Waals surface area contributed by atoms with Gasteiger partial charge in [-0.3, -0.25) is 0 Å². The minimum absolute atomic E-state index is 0.0154. The van der Waals surface area contributed by atoms with Crippen molar-refractivity contribution >= 4 is 0 Å². The third kappa shape index (κ3) is 5.65. The summed E-state index contributed by atoms with van der Waals surface area (Å²) in [5.41, 5.74) is 1.07. The lowest BCUT2D eigenvalue weighted by molar-refractivity contribution is -0.289. The highest BCUT2D eigenvalue weighted by Crippen LogP contribution is 2.45. The first kappa shape index (κ1) is 24.8. The molecule has 36 heavy (non-hydrogen) atoms. The van der Waals surface area contributed by atoms with Crippen molar-refractivity contribution in [3.8, 4) is 5.75 Å². The third-order valence-electron chi connectivity index (χ3n) is 8.01. The van der Waals surface area contributed by atoms with Crippen molar-refractivity contribution < 1.29 is 38.3 Å². The molecule has 4 heterocycles. The fourth-order valence-corrected chi connectivity index (χ4v) is 6.18. The Morgan fingerprint density at radius 1 is 0.944 bits per heavy atom. The molecule has 9 atom stereocenters. The first-order valence-corrected chi connectivity index (χ1v) is 13.6. The molecule has 0 aromatic heterocycles. The highest BCUT2D eigenvalue weighted by atomic mass is 16.7. The molecular weight excluding hydrogens is 464 g/mol. The zero-order valence-electron chi connectivity index (χ0n) is 20.7. The van der Waals surface area contributed by atoms with Crippen LogP contribution in [0.15, 0.2) is 36.4 Å². The molecule has 1 saturated carbocycles. The number of rotatable bonds is 7. The molecule has 5 aliphatic rings. The summed E-state index contributed by atoms with van der Waals surface area (Å²) < 4.78 is 42.5. The van der Waals surface area contributed by atoms with Crippen LogP contribution in [0, 0.1) is 11.8 Å². The number of fused-ring (bicyclic) bond motifs is 2. The molecule has 8 nitrogen and oxygen atoms in total. The number of ether oxygens (including phenoxy) is 7. The van der Waals surface area contributed by atoms with Crippen molar-refractivity contribution in [3.05, 3.63) is 42.0 Å². The topological polar surface area (TPSA) is 84.8 Å². The van der Waals surface area contributed by atoms with Crippen LogP contribution in [-0.4, -0.2) is 61.8 Å². The van der Waals surface area contributed by atoms with Crippen LogP contribution in [0.25, 0.3) is 0 Å². The predicted octanol–water partition coefficient (Wildman–Crippen LogP) is 4.04. The lowest BCUT2D eigenvalue weighted by Crippen LogP contribution is -2.44. The van der Waals surface area contributed by atoms with Crippen LogP contribution in [0.4, 0.5) is 0 Å². The maximum atomic E-state index is 10.1. The van der Waals surface area contributed by atoms with E-state index in [1.165, 1.54) is 0 Å². The monoisotopic (exact) mass is 502 g/mol. The standard InChI is InChI=1S/C28H38O8/c29-25-15-20-19(8-5-12-27-32-17-18-7-1-2-9-21(18)34-27)23(16-24(20)33-25)36-28-22(10-6-14-31-28)35-26-11-3-4-13-30-26/h1-2,5,7-9,19-20,22-29H,3-4,6,10-17H2/b8-5+/t19-,20-,22+,23-,24+,25?,26?,27?,28?/m1/s1. The average Bonchev–Trinajstić information content (AvgIpc) is 3.41. The summed E-state index contributed by atoms with van der Waals surface area (Å²) in [6.45, 7) is 1.98. The number of aliphatic hydroxyl groups excluding tert-OH is 1. The SMILES string of the molecule is OC1C[C@@H]2[C@@H](/C=C/CC3OCc4ccccc4O3)[C@H](OC3OCCC[C@@H]3OC3CCCCO3)C[C@@H]2O1. The molecule has 4 unspecified atom stereocenters. The summed E-state index contributed by atoms with van der Waals surface area (Å²) in [5.74, 6) is 1.21. The number of benzene rings is 1. The fourth-order valence-electron chi connectivity index (χ4n) is 6.18. The lowest BCUT2D eigenvalue weighted by atomic mass is 9.91. The van der Waals surface area contributed by atoms with Crippen molar-refractivity contribution in [1.29, 1.82) is 0 Å². The van der Waals surface area contributed by atoms with E-state index < -0.39 is 12.6 Å². The molecule has 4 fully saturated rings. The molecule has 8 heteroatoms. The molecular formula is C28H38O8. The molecule has 0 amide bonds. The maximum absolute atomic E-state index is 10.1. The first-order valence-electron chi connectivity index (χ1n) is 13.6. The molecule has 3 saturated heterocycles. The van der Waals surface area contributed by atoms with E-state index in [0.29, 0.717) is 26.1 Å². The maximum Gasteiger partial charge on any atom is 0.203 e. The summed E-state index contributed by atoms with van der Waals surface area (Å²) in [6.07, 6.45) is 9.47. The lowest BCUT2D eigenvalue weighted by Gasteiger charge is -2.37. The molecule has 0 spiro atoms. The largest absolute Gasteiger partial charge is 0.464 e. The van der Waals surface area contributed by atoms with E-state index in [2.05, 4.69) is 12.2 Å². The molecule has 1 aromatic carbocycles. The average molecular weight is 503 g/mol. The summed E-state index contributed by atoms with van der Waals surface area (Å²) >= 11 is 0. The Hall–Kier alpha value is -1.52. The zero-order valence-corrected chi connectivity index (χ0v) is 20.7. The van der Waals surface area contributed by atoms with Gasteiger partial charge in [0.15, 0.2) is 18.9 Å². The second kappa shape index (κ2) is 11.5. The van der Waals surface area contributed by atoms with Gasteiger partial charge in [0.25, 0.3) is 0 Å². The Balaban J connectivity index is 1.10. The van der Waals surface area contributed by atoms with Crippen molar-refractivity contribution in [3.63, 3.8) is 0 Å². The summed E-state index contributed by atoms with van der Waals surface area (Å²) in [7, 11) is 0. The van der Waals surface area contributed by atoms with Crippen LogP contribution >= 0.6 is 0 Å². The van der Waals surface area contributed by atoms with Gasteiger partial charge < -0.3 is 38.3 Å². The van der Waals surface area contributed by atoms with Gasteiger partial charge in [-0.15, -0.1) is 0 Å². The van der Waals surface area contributed by atoms with Gasteiger partial charge in [-0.2, -0.15) is 0 Å². The molecule has 1 aromatic rings. The highest BCUT2D eigenvalue weighted by molar-refractivity contribution is 5.33. The van der Waals surface area contributed by atoms with E-state index in [1.54, 1.807) is 0 Å². The van der Waals surface area contributed by atoms with Gasteiger partial charge in [0.05, 0.1) is 18.8 Å². The molecule has 4 aliphatic heterocycles.